The number of hydrogen-bond donors (Lipinski definition) is 1. The number of likely N-dealkylation sites (tertiary alicyclic amines) is 1. The van der Waals surface area contributed by atoms with E-state index in [2.05, 4.69) is 21.2 Å². The van der Waals surface area contributed by atoms with Crippen LogP contribution in [0.2, 0.25) is 0 Å². The molecule has 2 amide bonds. The van der Waals surface area contributed by atoms with Crippen molar-refractivity contribution < 1.29 is 9.59 Å². The topological polar surface area (TPSA) is 49.4 Å². The summed E-state index contributed by atoms with van der Waals surface area (Å²) < 4.78 is 0.976. The van der Waals surface area contributed by atoms with Gasteiger partial charge in [0.15, 0.2) is 0 Å². The zero-order chi connectivity index (χ0) is 16.9. The Kier molecular flexibility index (Phi) is 5.93. The van der Waals surface area contributed by atoms with Crippen LogP contribution in [0.1, 0.15) is 44.1 Å². The Balaban J connectivity index is 1.46. The van der Waals surface area contributed by atoms with Crippen molar-refractivity contribution in [2.75, 3.05) is 13.1 Å². The summed E-state index contributed by atoms with van der Waals surface area (Å²) in [6.07, 6.45) is 6.67. The molecule has 0 radical (unpaired) electrons. The summed E-state index contributed by atoms with van der Waals surface area (Å²) in [6, 6.07) is 8.22. The predicted molar refractivity (Wildman–Crippen MR) is 97.5 cm³/mol. The van der Waals surface area contributed by atoms with E-state index in [4.69, 9.17) is 0 Å². The monoisotopic (exact) mass is 392 g/mol. The second-order valence-corrected chi connectivity index (χ2v) is 7.77. The number of piperidine rings is 1. The van der Waals surface area contributed by atoms with Crippen molar-refractivity contribution in [1.82, 2.24) is 10.2 Å². The second-order valence-electron chi connectivity index (χ2n) is 6.91. The number of rotatable bonds is 4. The molecule has 0 spiro atoms. The molecule has 5 heteroatoms. The van der Waals surface area contributed by atoms with Gasteiger partial charge in [-0.15, -0.1) is 0 Å². The first kappa shape index (κ1) is 17.5. The molecular formula is C19H25BrN2O2. The van der Waals surface area contributed by atoms with Crippen LogP contribution in [0.5, 0.6) is 0 Å². The van der Waals surface area contributed by atoms with Gasteiger partial charge in [0.25, 0.3) is 0 Å². The van der Waals surface area contributed by atoms with E-state index in [-0.39, 0.29) is 17.7 Å². The summed E-state index contributed by atoms with van der Waals surface area (Å²) in [6.45, 7) is 1.37. The van der Waals surface area contributed by atoms with Crippen molar-refractivity contribution in [3.63, 3.8) is 0 Å². The van der Waals surface area contributed by atoms with Gasteiger partial charge < -0.3 is 10.2 Å². The van der Waals surface area contributed by atoms with E-state index in [1.165, 1.54) is 12.8 Å². The molecule has 130 valence electrons. The van der Waals surface area contributed by atoms with Crippen molar-refractivity contribution in [1.29, 1.82) is 0 Å². The Labute approximate surface area is 152 Å². The number of carbonyl (C=O) groups is 2. The fraction of sp³-hybridized carbons (Fsp3) is 0.579. The minimum absolute atomic E-state index is 0.0677. The summed E-state index contributed by atoms with van der Waals surface area (Å²) in [4.78, 5) is 26.7. The normalized spacial score (nSPS) is 19.5. The van der Waals surface area contributed by atoms with Crippen LogP contribution in [-0.4, -0.2) is 35.8 Å². The first-order chi connectivity index (χ1) is 11.6. The molecule has 2 fully saturated rings. The molecular weight excluding hydrogens is 368 g/mol. The van der Waals surface area contributed by atoms with Crippen LogP contribution in [0.15, 0.2) is 28.7 Å². The largest absolute Gasteiger partial charge is 0.353 e. The van der Waals surface area contributed by atoms with Gasteiger partial charge in [-0.1, -0.05) is 47.0 Å². The fourth-order valence-corrected chi connectivity index (χ4v) is 4.12. The van der Waals surface area contributed by atoms with E-state index >= 15 is 0 Å². The Morgan fingerprint density at radius 3 is 2.42 bits per heavy atom. The molecule has 24 heavy (non-hydrogen) atoms. The van der Waals surface area contributed by atoms with Crippen LogP contribution in [-0.2, 0) is 16.0 Å². The third-order valence-corrected chi connectivity index (χ3v) is 5.99. The molecule has 0 unspecified atom stereocenters. The van der Waals surface area contributed by atoms with E-state index in [0.717, 1.165) is 35.7 Å². The van der Waals surface area contributed by atoms with Gasteiger partial charge in [-0.3, -0.25) is 9.59 Å². The van der Waals surface area contributed by atoms with Gasteiger partial charge in [-0.25, -0.2) is 0 Å². The number of amides is 2. The Hall–Kier alpha value is -1.36. The number of nitrogens with zero attached hydrogens (tertiary/aromatic N) is 1. The fourth-order valence-electron chi connectivity index (χ4n) is 3.70. The van der Waals surface area contributed by atoms with Crippen LogP contribution < -0.4 is 5.32 Å². The molecule has 3 rings (SSSR count). The molecule has 4 nitrogen and oxygen atoms in total. The SMILES string of the molecule is O=C(NC1CCCC1)C1CCN(C(=O)Cc2ccccc2Br)CC1. The summed E-state index contributed by atoms with van der Waals surface area (Å²) in [7, 11) is 0. The highest BCUT2D eigenvalue weighted by atomic mass is 79.9. The van der Waals surface area contributed by atoms with E-state index in [0.29, 0.717) is 25.6 Å². The van der Waals surface area contributed by atoms with Gasteiger partial charge >= 0.3 is 0 Å². The quantitative estimate of drug-likeness (QED) is 0.854. The molecule has 1 aromatic carbocycles. The summed E-state index contributed by atoms with van der Waals surface area (Å²) in [5.41, 5.74) is 1.02. The summed E-state index contributed by atoms with van der Waals surface area (Å²) in [5.74, 6) is 0.412. The van der Waals surface area contributed by atoms with Crippen LogP contribution >= 0.6 is 15.9 Å². The Morgan fingerprint density at radius 2 is 1.75 bits per heavy atom. The van der Waals surface area contributed by atoms with E-state index in [1.807, 2.05) is 29.2 Å². The van der Waals surface area contributed by atoms with Gasteiger partial charge in [0.2, 0.25) is 11.8 Å². The molecule has 1 aromatic rings. The Morgan fingerprint density at radius 1 is 1.08 bits per heavy atom. The third kappa shape index (κ3) is 4.38. The van der Waals surface area contributed by atoms with Gasteiger partial charge in [0.1, 0.15) is 0 Å². The number of hydrogen-bond acceptors (Lipinski definition) is 2. The number of carbonyl (C=O) groups excluding carboxylic acids is 2. The lowest BCUT2D eigenvalue weighted by molar-refractivity contribution is -0.135. The Bertz CT molecular complexity index is 591. The standard InChI is InChI=1S/C19H25BrN2O2/c20-17-8-4-1-5-15(17)13-18(23)22-11-9-14(10-12-22)19(24)21-16-6-2-3-7-16/h1,4-5,8,14,16H,2-3,6-7,9-13H2,(H,21,24). The van der Waals surface area contributed by atoms with Crippen molar-refractivity contribution in [3.8, 4) is 0 Å². The highest BCUT2D eigenvalue weighted by Gasteiger charge is 2.29. The maximum atomic E-state index is 12.5. The number of halogens is 1. The van der Waals surface area contributed by atoms with Crippen molar-refractivity contribution in [2.24, 2.45) is 5.92 Å². The van der Waals surface area contributed by atoms with Gasteiger partial charge in [0.05, 0.1) is 6.42 Å². The molecule has 2 aliphatic rings. The van der Waals surface area contributed by atoms with Gasteiger partial charge in [-0.2, -0.15) is 0 Å². The van der Waals surface area contributed by atoms with Crippen molar-refractivity contribution in [3.05, 3.63) is 34.3 Å². The zero-order valence-corrected chi connectivity index (χ0v) is 15.6. The third-order valence-electron chi connectivity index (χ3n) is 5.22. The first-order valence-corrected chi connectivity index (χ1v) is 9.74. The van der Waals surface area contributed by atoms with Crippen LogP contribution in [0.25, 0.3) is 0 Å². The second kappa shape index (κ2) is 8.15. The molecule has 1 saturated heterocycles. The van der Waals surface area contributed by atoms with Gasteiger partial charge in [-0.05, 0) is 37.3 Å². The summed E-state index contributed by atoms with van der Waals surface area (Å²) in [5, 5.41) is 3.19. The van der Waals surface area contributed by atoms with Gasteiger partial charge in [0, 0.05) is 29.5 Å². The highest BCUT2D eigenvalue weighted by molar-refractivity contribution is 9.10. The smallest absolute Gasteiger partial charge is 0.227 e. The van der Waals surface area contributed by atoms with Crippen LogP contribution in [0.4, 0.5) is 0 Å². The molecule has 1 aliphatic carbocycles. The number of nitrogens with one attached hydrogen (secondary N) is 1. The maximum absolute atomic E-state index is 12.5. The van der Waals surface area contributed by atoms with E-state index < -0.39 is 0 Å². The average Bonchev–Trinajstić information content (AvgIpc) is 3.10. The summed E-state index contributed by atoms with van der Waals surface area (Å²) >= 11 is 3.50. The maximum Gasteiger partial charge on any atom is 0.227 e. The predicted octanol–water partition coefficient (Wildman–Crippen LogP) is 3.29. The van der Waals surface area contributed by atoms with Crippen molar-refractivity contribution in [2.45, 2.75) is 51.0 Å². The lowest BCUT2D eigenvalue weighted by Crippen LogP contribution is -2.45. The van der Waals surface area contributed by atoms with E-state index in [9.17, 15) is 9.59 Å². The minimum atomic E-state index is 0.0677. The molecule has 1 heterocycles. The lowest BCUT2D eigenvalue weighted by Gasteiger charge is -2.32. The lowest BCUT2D eigenvalue weighted by atomic mass is 9.95. The van der Waals surface area contributed by atoms with Crippen LogP contribution in [0.3, 0.4) is 0 Å². The van der Waals surface area contributed by atoms with Crippen molar-refractivity contribution >= 4 is 27.7 Å². The zero-order valence-electron chi connectivity index (χ0n) is 14.0. The van der Waals surface area contributed by atoms with E-state index in [1.54, 1.807) is 0 Å². The molecule has 1 N–H and O–H groups in total. The minimum Gasteiger partial charge on any atom is -0.353 e. The van der Waals surface area contributed by atoms with Crippen LogP contribution in [0, 0.1) is 5.92 Å². The molecule has 1 saturated carbocycles. The first-order valence-electron chi connectivity index (χ1n) is 8.95. The number of benzene rings is 1. The molecule has 1 aliphatic heterocycles. The molecule has 0 atom stereocenters. The highest BCUT2D eigenvalue weighted by Crippen LogP contribution is 2.23. The molecule has 0 bridgehead atoms. The molecule has 0 aromatic heterocycles. The average molecular weight is 393 g/mol.